The Morgan fingerprint density at radius 1 is 1.34 bits per heavy atom. The summed E-state index contributed by atoms with van der Waals surface area (Å²) < 4.78 is 5.62. The number of rotatable bonds is 10. The van der Waals surface area contributed by atoms with Crippen LogP contribution in [-0.4, -0.2) is 24.3 Å². The van der Waals surface area contributed by atoms with Crippen LogP contribution in [0.25, 0.3) is 0 Å². The van der Waals surface area contributed by atoms with Crippen LogP contribution in [0.2, 0.25) is 0 Å². The minimum Gasteiger partial charge on any atom is -0.374 e. The van der Waals surface area contributed by atoms with Gasteiger partial charge < -0.3 is 26.5 Å². The molecule has 0 fully saturated rings. The number of carbonyl (C=O) groups is 1. The van der Waals surface area contributed by atoms with Crippen molar-refractivity contribution < 1.29 is 9.53 Å². The Hall–Kier alpha value is -3.28. The second kappa shape index (κ2) is 10.9. The van der Waals surface area contributed by atoms with Crippen LogP contribution in [0.15, 0.2) is 59.6 Å². The molecule has 1 atom stereocenters. The number of hydrogen-bond acceptors (Lipinski definition) is 7. The molecule has 8 heteroatoms. The SMILES string of the molecule is CC(=N)/C=C(\S)Nc1cc(N[C@H](COCc2ccccc2)C(N)=O)ccc1C#N. The van der Waals surface area contributed by atoms with Crippen LogP contribution in [0.5, 0.6) is 0 Å². The van der Waals surface area contributed by atoms with E-state index in [4.69, 9.17) is 15.9 Å². The summed E-state index contributed by atoms with van der Waals surface area (Å²) in [5.41, 5.74) is 8.29. The average molecular weight is 410 g/mol. The number of nitrogens with one attached hydrogen (secondary N) is 3. The van der Waals surface area contributed by atoms with Gasteiger partial charge in [0, 0.05) is 11.4 Å². The maximum atomic E-state index is 11.8. The topological polar surface area (TPSA) is 124 Å². The van der Waals surface area contributed by atoms with Crippen molar-refractivity contribution in [3.05, 3.63) is 70.8 Å². The Labute approximate surface area is 175 Å². The monoisotopic (exact) mass is 409 g/mol. The van der Waals surface area contributed by atoms with Crippen molar-refractivity contribution in [3.63, 3.8) is 0 Å². The van der Waals surface area contributed by atoms with E-state index in [-0.39, 0.29) is 6.61 Å². The highest BCUT2D eigenvalue weighted by Gasteiger charge is 2.16. The van der Waals surface area contributed by atoms with Crippen molar-refractivity contribution in [2.75, 3.05) is 17.2 Å². The first-order valence-electron chi connectivity index (χ1n) is 8.83. The van der Waals surface area contributed by atoms with Gasteiger partial charge in [0.2, 0.25) is 5.91 Å². The van der Waals surface area contributed by atoms with Crippen LogP contribution in [0.3, 0.4) is 0 Å². The fourth-order valence-electron chi connectivity index (χ4n) is 2.48. The molecule has 0 radical (unpaired) electrons. The van der Waals surface area contributed by atoms with E-state index in [2.05, 4.69) is 29.3 Å². The van der Waals surface area contributed by atoms with Gasteiger partial charge in [0.05, 0.1) is 29.5 Å². The summed E-state index contributed by atoms with van der Waals surface area (Å²) in [4.78, 5) is 11.8. The highest BCUT2D eigenvalue weighted by Crippen LogP contribution is 2.23. The molecule has 0 heterocycles. The molecule has 29 heavy (non-hydrogen) atoms. The maximum Gasteiger partial charge on any atom is 0.242 e. The first-order valence-corrected chi connectivity index (χ1v) is 9.28. The van der Waals surface area contributed by atoms with E-state index in [0.717, 1.165) is 5.56 Å². The number of nitrogens with zero attached hydrogens (tertiary/aromatic N) is 1. The van der Waals surface area contributed by atoms with Crippen LogP contribution in [0.1, 0.15) is 18.1 Å². The van der Waals surface area contributed by atoms with Crippen LogP contribution in [0.4, 0.5) is 11.4 Å². The molecule has 0 aliphatic heterocycles. The third-order valence-corrected chi connectivity index (χ3v) is 4.08. The first kappa shape index (κ1) is 22.0. The number of ether oxygens (including phenoxy) is 1. The summed E-state index contributed by atoms with van der Waals surface area (Å²) in [6.07, 6.45) is 1.52. The second-order valence-electron chi connectivity index (χ2n) is 6.31. The average Bonchev–Trinajstić information content (AvgIpc) is 2.67. The third-order valence-electron chi connectivity index (χ3n) is 3.84. The van der Waals surface area contributed by atoms with E-state index in [1.807, 2.05) is 30.3 Å². The van der Waals surface area contributed by atoms with E-state index < -0.39 is 11.9 Å². The number of primary amides is 1. The van der Waals surface area contributed by atoms with Crippen LogP contribution < -0.4 is 16.4 Å². The molecule has 150 valence electrons. The minimum atomic E-state index is -0.741. The number of hydrogen-bond donors (Lipinski definition) is 5. The lowest BCUT2D eigenvalue weighted by molar-refractivity contribution is -0.120. The summed E-state index contributed by atoms with van der Waals surface area (Å²) in [6, 6.07) is 15.9. The van der Waals surface area contributed by atoms with Gasteiger partial charge in [-0.15, -0.1) is 12.6 Å². The lowest BCUT2D eigenvalue weighted by atomic mass is 10.1. The Bertz CT molecular complexity index is 938. The highest BCUT2D eigenvalue weighted by atomic mass is 32.1. The maximum absolute atomic E-state index is 11.8. The molecule has 1 amide bonds. The molecule has 0 unspecified atom stereocenters. The Kier molecular flexibility index (Phi) is 8.27. The largest absolute Gasteiger partial charge is 0.374 e. The van der Waals surface area contributed by atoms with Gasteiger partial charge in [-0.25, -0.2) is 0 Å². The number of amides is 1. The summed E-state index contributed by atoms with van der Waals surface area (Å²) in [6.45, 7) is 2.08. The molecule has 2 aromatic carbocycles. The Morgan fingerprint density at radius 3 is 2.69 bits per heavy atom. The first-order chi connectivity index (χ1) is 13.9. The molecule has 0 spiro atoms. The highest BCUT2D eigenvalue weighted by molar-refractivity contribution is 7.84. The van der Waals surface area contributed by atoms with Crippen LogP contribution in [0, 0.1) is 16.7 Å². The predicted octanol–water partition coefficient (Wildman–Crippen LogP) is 3.26. The van der Waals surface area contributed by atoms with Crippen molar-refractivity contribution in [1.82, 2.24) is 0 Å². The Morgan fingerprint density at radius 2 is 2.07 bits per heavy atom. The number of benzene rings is 2. The number of anilines is 2. The quantitative estimate of drug-likeness (QED) is 0.304. The number of thiol groups is 1. The molecular formula is C21H23N5O2S. The lowest BCUT2D eigenvalue weighted by Gasteiger charge is -2.18. The molecule has 0 bridgehead atoms. The number of carbonyl (C=O) groups excluding carboxylic acids is 1. The van der Waals surface area contributed by atoms with Gasteiger partial charge in [-0.2, -0.15) is 5.26 Å². The smallest absolute Gasteiger partial charge is 0.242 e. The molecule has 0 saturated heterocycles. The van der Waals surface area contributed by atoms with Crippen molar-refractivity contribution in [3.8, 4) is 6.07 Å². The third kappa shape index (κ3) is 7.33. The van der Waals surface area contributed by atoms with Crippen molar-refractivity contribution >= 4 is 35.6 Å². The van der Waals surface area contributed by atoms with Gasteiger partial charge in [0.1, 0.15) is 12.1 Å². The molecular weight excluding hydrogens is 386 g/mol. The summed E-state index contributed by atoms with van der Waals surface area (Å²) in [5, 5.41) is 23.2. The van der Waals surface area contributed by atoms with Gasteiger partial charge >= 0.3 is 0 Å². The molecule has 7 nitrogen and oxygen atoms in total. The van der Waals surface area contributed by atoms with E-state index in [0.29, 0.717) is 34.3 Å². The number of nitriles is 1. The molecule has 2 aromatic rings. The molecule has 0 aliphatic rings. The van der Waals surface area contributed by atoms with Gasteiger partial charge in [-0.05, 0) is 36.8 Å². The van der Waals surface area contributed by atoms with Gasteiger partial charge in [0.25, 0.3) is 0 Å². The molecule has 5 N–H and O–H groups in total. The van der Waals surface area contributed by atoms with Crippen molar-refractivity contribution in [2.24, 2.45) is 5.73 Å². The molecule has 0 aromatic heterocycles. The fraction of sp³-hybridized carbons (Fsp3) is 0.190. The van der Waals surface area contributed by atoms with Crippen LogP contribution in [-0.2, 0) is 16.1 Å². The van der Waals surface area contributed by atoms with E-state index >= 15 is 0 Å². The van der Waals surface area contributed by atoms with E-state index in [1.165, 1.54) is 6.08 Å². The zero-order valence-corrected chi connectivity index (χ0v) is 16.9. The summed E-state index contributed by atoms with van der Waals surface area (Å²) >= 11 is 4.27. The summed E-state index contributed by atoms with van der Waals surface area (Å²) in [7, 11) is 0. The van der Waals surface area contributed by atoms with E-state index in [1.54, 1.807) is 25.1 Å². The Balaban J connectivity index is 2.08. The lowest BCUT2D eigenvalue weighted by Crippen LogP contribution is -2.39. The second-order valence-corrected chi connectivity index (χ2v) is 6.79. The van der Waals surface area contributed by atoms with Gasteiger partial charge in [-0.1, -0.05) is 30.3 Å². The predicted molar refractivity (Wildman–Crippen MR) is 118 cm³/mol. The van der Waals surface area contributed by atoms with E-state index in [9.17, 15) is 10.1 Å². The standard InChI is InChI=1S/C21H23N5O2S/c1-14(23)9-20(29)26-18-10-17(8-7-16(18)11-22)25-19(21(24)27)13-28-12-15-5-3-2-4-6-15/h2-10,19,23,25-26,29H,12-13H2,1H3,(H2,24,27)/b20-9-,23-14?/t19-/m1/s1. The molecule has 2 rings (SSSR count). The zero-order valence-electron chi connectivity index (χ0n) is 16.0. The molecule has 0 saturated carbocycles. The number of allylic oxidation sites excluding steroid dienone is 1. The fourth-order valence-corrected chi connectivity index (χ4v) is 2.79. The molecule has 0 aliphatic carbocycles. The van der Waals surface area contributed by atoms with Gasteiger partial charge in [-0.3, -0.25) is 4.79 Å². The van der Waals surface area contributed by atoms with Gasteiger partial charge in [0.15, 0.2) is 0 Å². The van der Waals surface area contributed by atoms with Crippen LogP contribution >= 0.6 is 12.6 Å². The number of nitrogens with two attached hydrogens (primary N) is 1. The summed E-state index contributed by atoms with van der Waals surface area (Å²) in [5.74, 6) is -0.550. The normalized spacial score (nSPS) is 12.0. The minimum absolute atomic E-state index is 0.0949. The zero-order chi connectivity index (χ0) is 21.2. The van der Waals surface area contributed by atoms with Crippen molar-refractivity contribution in [1.29, 1.82) is 10.7 Å². The van der Waals surface area contributed by atoms with Crippen molar-refractivity contribution in [2.45, 2.75) is 19.6 Å².